The highest BCUT2D eigenvalue weighted by atomic mass is 16.2. The molecular formula is C24H27N3O2. The second-order valence-corrected chi connectivity index (χ2v) is 8.32. The van der Waals surface area contributed by atoms with E-state index >= 15 is 0 Å². The number of carbonyl (C=O) groups excluding carboxylic acids is 2. The van der Waals surface area contributed by atoms with Gasteiger partial charge in [-0.2, -0.15) is 0 Å². The van der Waals surface area contributed by atoms with E-state index in [4.69, 9.17) is 4.99 Å². The summed E-state index contributed by atoms with van der Waals surface area (Å²) in [5.74, 6) is -0.426. The molecular weight excluding hydrogens is 362 g/mol. The zero-order valence-electron chi connectivity index (χ0n) is 17.5. The molecule has 1 saturated carbocycles. The summed E-state index contributed by atoms with van der Waals surface area (Å²) in [4.78, 5) is 32.7. The quantitative estimate of drug-likeness (QED) is 0.821. The molecule has 0 unspecified atom stereocenters. The molecule has 0 bridgehead atoms. The van der Waals surface area contributed by atoms with Crippen molar-refractivity contribution in [1.82, 2.24) is 0 Å². The fourth-order valence-electron chi connectivity index (χ4n) is 4.34. The van der Waals surface area contributed by atoms with Crippen molar-refractivity contribution in [3.05, 3.63) is 52.6 Å². The predicted molar refractivity (Wildman–Crippen MR) is 117 cm³/mol. The first-order valence-electron chi connectivity index (χ1n) is 10.2. The van der Waals surface area contributed by atoms with Gasteiger partial charge in [-0.1, -0.05) is 6.07 Å². The Hall–Kier alpha value is -2.95. The summed E-state index contributed by atoms with van der Waals surface area (Å²) in [7, 11) is 0. The van der Waals surface area contributed by atoms with Gasteiger partial charge in [0.15, 0.2) is 0 Å². The normalized spacial score (nSPS) is 18.1. The Kier molecular flexibility index (Phi) is 4.99. The lowest BCUT2D eigenvalue weighted by Crippen LogP contribution is -2.42. The van der Waals surface area contributed by atoms with Gasteiger partial charge in [0.2, 0.25) is 11.8 Å². The first kappa shape index (κ1) is 19.4. The molecule has 1 N–H and O–H groups in total. The number of fused-ring (bicyclic) bond motifs is 2. The lowest BCUT2D eigenvalue weighted by molar-refractivity contribution is -0.122. The van der Waals surface area contributed by atoms with Gasteiger partial charge in [-0.25, -0.2) is 0 Å². The first-order valence-corrected chi connectivity index (χ1v) is 10.2. The van der Waals surface area contributed by atoms with Gasteiger partial charge in [0.05, 0.1) is 17.3 Å². The molecule has 5 nitrogen and oxygen atoms in total. The SMILES string of the molecule is Cc1cc(C)cc(NC(=O)CN2C(=O)[C@H]3CCCC3=Nc3cc(C)c(C)cc32)c1. The van der Waals surface area contributed by atoms with E-state index in [2.05, 4.69) is 11.4 Å². The van der Waals surface area contributed by atoms with E-state index in [1.54, 1.807) is 4.90 Å². The average molecular weight is 389 g/mol. The fraction of sp³-hybridized carbons (Fsp3) is 0.375. The molecule has 0 radical (unpaired) electrons. The van der Waals surface area contributed by atoms with Crippen molar-refractivity contribution in [3.8, 4) is 0 Å². The largest absolute Gasteiger partial charge is 0.325 e. The van der Waals surface area contributed by atoms with Crippen LogP contribution in [0.3, 0.4) is 0 Å². The molecule has 1 fully saturated rings. The molecule has 1 atom stereocenters. The second kappa shape index (κ2) is 7.47. The minimum absolute atomic E-state index is 0.0133. The highest BCUT2D eigenvalue weighted by molar-refractivity contribution is 6.17. The van der Waals surface area contributed by atoms with Crippen LogP contribution < -0.4 is 10.2 Å². The van der Waals surface area contributed by atoms with Gasteiger partial charge in [0.25, 0.3) is 0 Å². The van der Waals surface area contributed by atoms with Gasteiger partial charge in [-0.05, 0) is 93.5 Å². The van der Waals surface area contributed by atoms with Crippen molar-refractivity contribution in [2.24, 2.45) is 10.9 Å². The molecule has 4 rings (SSSR count). The van der Waals surface area contributed by atoms with E-state index in [0.29, 0.717) is 0 Å². The molecule has 5 heteroatoms. The smallest absolute Gasteiger partial charge is 0.244 e. The van der Waals surface area contributed by atoms with Crippen LogP contribution in [0.15, 0.2) is 35.3 Å². The fourth-order valence-corrected chi connectivity index (χ4v) is 4.34. The zero-order chi connectivity index (χ0) is 20.7. The summed E-state index contributed by atoms with van der Waals surface area (Å²) < 4.78 is 0. The van der Waals surface area contributed by atoms with Gasteiger partial charge in [0.1, 0.15) is 6.54 Å². The molecule has 1 aliphatic heterocycles. The number of carbonyl (C=O) groups is 2. The molecule has 29 heavy (non-hydrogen) atoms. The van der Waals surface area contributed by atoms with Crippen molar-refractivity contribution >= 4 is 34.6 Å². The molecule has 2 aliphatic rings. The molecule has 2 aromatic rings. The number of nitrogens with one attached hydrogen (secondary N) is 1. The summed E-state index contributed by atoms with van der Waals surface area (Å²) in [6, 6.07) is 9.95. The van der Waals surface area contributed by atoms with Crippen molar-refractivity contribution in [2.75, 3.05) is 16.8 Å². The van der Waals surface area contributed by atoms with Gasteiger partial charge >= 0.3 is 0 Å². The van der Waals surface area contributed by atoms with E-state index in [1.807, 2.05) is 52.0 Å². The number of benzene rings is 2. The topological polar surface area (TPSA) is 61.8 Å². The van der Waals surface area contributed by atoms with Crippen LogP contribution in [0.25, 0.3) is 0 Å². The van der Waals surface area contributed by atoms with Crippen molar-refractivity contribution in [3.63, 3.8) is 0 Å². The maximum Gasteiger partial charge on any atom is 0.244 e. The molecule has 150 valence electrons. The Morgan fingerprint density at radius 1 is 1.07 bits per heavy atom. The number of amides is 2. The summed E-state index contributed by atoms with van der Waals surface area (Å²) in [5.41, 5.74) is 7.64. The van der Waals surface area contributed by atoms with Gasteiger partial charge in [-0.3, -0.25) is 14.6 Å². The minimum atomic E-state index is -0.211. The minimum Gasteiger partial charge on any atom is -0.325 e. The number of aryl methyl sites for hydroxylation is 4. The van der Waals surface area contributed by atoms with Crippen LogP contribution in [0.2, 0.25) is 0 Å². The van der Waals surface area contributed by atoms with Crippen LogP contribution in [0.1, 0.15) is 41.5 Å². The molecule has 2 amide bonds. The molecule has 1 aliphatic carbocycles. The van der Waals surface area contributed by atoms with Crippen molar-refractivity contribution in [1.29, 1.82) is 0 Å². The Morgan fingerprint density at radius 3 is 2.48 bits per heavy atom. The Morgan fingerprint density at radius 2 is 1.76 bits per heavy atom. The van der Waals surface area contributed by atoms with Crippen LogP contribution in [-0.4, -0.2) is 24.1 Å². The van der Waals surface area contributed by atoms with Gasteiger partial charge in [0, 0.05) is 11.4 Å². The molecule has 0 saturated heterocycles. The van der Waals surface area contributed by atoms with E-state index in [9.17, 15) is 9.59 Å². The Labute approximate surface area is 171 Å². The number of hydrogen-bond donors (Lipinski definition) is 1. The maximum absolute atomic E-state index is 13.3. The van der Waals surface area contributed by atoms with Crippen molar-refractivity contribution < 1.29 is 9.59 Å². The number of hydrogen-bond acceptors (Lipinski definition) is 3. The first-order chi connectivity index (χ1) is 13.8. The van der Waals surface area contributed by atoms with E-state index < -0.39 is 0 Å². The molecule has 2 aromatic carbocycles. The third-order valence-electron chi connectivity index (χ3n) is 5.84. The molecule has 0 aromatic heterocycles. The number of rotatable bonds is 3. The highest BCUT2D eigenvalue weighted by Gasteiger charge is 2.37. The highest BCUT2D eigenvalue weighted by Crippen LogP contribution is 2.39. The molecule has 1 heterocycles. The zero-order valence-corrected chi connectivity index (χ0v) is 17.5. The van der Waals surface area contributed by atoms with Crippen LogP contribution in [0.4, 0.5) is 17.1 Å². The lowest BCUT2D eigenvalue weighted by Gasteiger charge is -2.25. The number of nitrogens with zero attached hydrogens (tertiary/aromatic N) is 2. The van der Waals surface area contributed by atoms with Crippen LogP contribution >= 0.6 is 0 Å². The summed E-state index contributed by atoms with van der Waals surface area (Å²) in [6.45, 7) is 8.06. The average Bonchev–Trinajstić information content (AvgIpc) is 3.06. The number of aliphatic imine (C=N–C) groups is 1. The maximum atomic E-state index is 13.3. The third kappa shape index (κ3) is 3.82. The summed E-state index contributed by atoms with van der Waals surface area (Å²) >= 11 is 0. The predicted octanol–water partition coefficient (Wildman–Crippen LogP) is 4.78. The summed E-state index contributed by atoms with van der Waals surface area (Å²) in [6.07, 6.45) is 2.63. The van der Waals surface area contributed by atoms with Gasteiger partial charge in [-0.15, -0.1) is 0 Å². The third-order valence-corrected chi connectivity index (χ3v) is 5.84. The van der Waals surface area contributed by atoms with E-state index in [-0.39, 0.29) is 24.3 Å². The van der Waals surface area contributed by atoms with Crippen molar-refractivity contribution in [2.45, 2.75) is 47.0 Å². The van der Waals surface area contributed by atoms with Gasteiger partial charge < -0.3 is 10.2 Å². The van der Waals surface area contributed by atoms with Crippen LogP contribution in [-0.2, 0) is 9.59 Å². The Bertz CT molecular complexity index is 1020. The second-order valence-electron chi connectivity index (χ2n) is 8.32. The van der Waals surface area contributed by atoms with Crippen LogP contribution in [0.5, 0.6) is 0 Å². The van der Waals surface area contributed by atoms with E-state index in [1.165, 1.54) is 0 Å². The Balaban J connectivity index is 1.66. The monoisotopic (exact) mass is 389 g/mol. The lowest BCUT2D eigenvalue weighted by atomic mass is 10.0. The van der Waals surface area contributed by atoms with E-state index in [0.717, 1.165) is 64.3 Å². The summed E-state index contributed by atoms with van der Waals surface area (Å²) in [5, 5.41) is 2.96. The standard InChI is InChI=1S/C24H27N3O2/c1-14-8-15(2)10-18(9-14)25-23(28)13-27-22-12-17(4)16(3)11-21(22)26-20-7-5-6-19(20)24(27)29/h8-12,19H,5-7,13H2,1-4H3,(H,25,28)/t19-/m0/s1. The molecule has 0 spiro atoms. The number of anilines is 2. The van der Waals surface area contributed by atoms with Crippen LogP contribution in [0, 0.1) is 33.6 Å².